The standard InChI is InChI=1S/C50H28N2O2/c53-31-15-21-39-37(23-31)47-45(35-19-13-29-9-7-25-3-1-5-27-11-17-33(35)43(29)41(25)27)49-48(38-24-32(54)16-22-40(38)51-49)46(50(47)52-39)36-20-14-30-10-8-26-4-2-6-28-12-18-34(36)44(30)42(26)28/h1-24,51-54H. The molecule has 0 amide bonds. The summed E-state index contributed by atoms with van der Waals surface area (Å²) in [5.41, 5.74) is 8.21. The summed E-state index contributed by atoms with van der Waals surface area (Å²) in [5, 5.41) is 40.7. The van der Waals surface area contributed by atoms with Crippen molar-refractivity contribution in [3.63, 3.8) is 0 Å². The monoisotopic (exact) mass is 688 g/mol. The lowest BCUT2D eigenvalue weighted by atomic mass is 9.84. The Labute approximate surface area is 306 Å². The molecule has 0 aliphatic carbocycles. The Morgan fingerprint density at radius 3 is 1.11 bits per heavy atom. The number of aromatic amines is 2. The van der Waals surface area contributed by atoms with Crippen molar-refractivity contribution in [2.75, 3.05) is 0 Å². The minimum Gasteiger partial charge on any atom is -0.508 e. The number of phenols is 2. The molecule has 250 valence electrons. The van der Waals surface area contributed by atoms with Crippen molar-refractivity contribution in [3.8, 4) is 33.8 Å². The quantitative estimate of drug-likeness (QED) is 0.137. The van der Waals surface area contributed by atoms with E-state index in [1.165, 1.54) is 64.6 Å². The maximum absolute atomic E-state index is 11.0. The van der Waals surface area contributed by atoms with Gasteiger partial charge in [-0.25, -0.2) is 0 Å². The number of benzene rings is 11. The smallest absolute Gasteiger partial charge is 0.116 e. The molecule has 2 aromatic heterocycles. The fraction of sp³-hybridized carbons (Fsp3) is 0. The van der Waals surface area contributed by atoms with Gasteiger partial charge in [-0.2, -0.15) is 0 Å². The zero-order valence-electron chi connectivity index (χ0n) is 28.8. The van der Waals surface area contributed by atoms with E-state index >= 15 is 0 Å². The van der Waals surface area contributed by atoms with Crippen LogP contribution in [0.1, 0.15) is 0 Å². The van der Waals surface area contributed by atoms with Crippen LogP contribution in [0, 0.1) is 0 Å². The second kappa shape index (κ2) is 9.77. The lowest BCUT2D eigenvalue weighted by Gasteiger charge is -2.19. The number of nitrogens with one attached hydrogen (secondary N) is 2. The summed E-state index contributed by atoms with van der Waals surface area (Å²) in [6.45, 7) is 0. The Hall–Kier alpha value is -7.30. The molecule has 0 unspecified atom stereocenters. The molecule has 0 atom stereocenters. The first-order valence-electron chi connectivity index (χ1n) is 18.4. The first kappa shape index (κ1) is 28.3. The van der Waals surface area contributed by atoms with Crippen LogP contribution in [0.15, 0.2) is 146 Å². The molecule has 0 radical (unpaired) electrons. The van der Waals surface area contributed by atoms with Crippen molar-refractivity contribution in [3.05, 3.63) is 146 Å². The number of aromatic nitrogens is 2. The van der Waals surface area contributed by atoms with E-state index in [-0.39, 0.29) is 11.5 Å². The van der Waals surface area contributed by atoms with E-state index in [0.29, 0.717) is 0 Å². The summed E-state index contributed by atoms with van der Waals surface area (Å²) < 4.78 is 0. The molecule has 13 aromatic rings. The molecule has 13 rings (SSSR count). The number of fused-ring (bicyclic) bond motifs is 6. The minimum atomic E-state index is 0.218. The SMILES string of the molecule is Oc1ccc2[nH]c3c(-c4ccc5ccc6cccc7ccc4c5c67)c4c([nH]c5ccc(O)cc54)c(-c4ccc5ccc6cccc7ccc4c5c67)c3c2c1. The predicted molar refractivity (Wildman–Crippen MR) is 227 cm³/mol. The van der Waals surface area contributed by atoms with Gasteiger partial charge in [0.1, 0.15) is 11.5 Å². The van der Waals surface area contributed by atoms with E-state index in [1.54, 1.807) is 12.1 Å². The highest BCUT2D eigenvalue weighted by molar-refractivity contribution is 6.37. The fourth-order valence-electron chi connectivity index (χ4n) is 9.95. The summed E-state index contributed by atoms with van der Waals surface area (Å²) >= 11 is 0. The molecule has 4 nitrogen and oxygen atoms in total. The predicted octanol–water partition coefficient (Wildman–Crippen LogP) is 13.5. The van der Waals surface area contributed by atoms with Crippen LogP contribution in [-0.4, -0.2) is 20.2 Å². The van der Waals surface area contributed by atoms with Crippen molar-refractivity contribution in [2.45, 2.75) is 0 Å². The van der Waals surface area contributed by atoms with E-state index in [4.69, 9.17) is 0 Å². The van der Waals surface area contributed by atoms with E-state index in [0.717, 1.165) is 65.9 Å². The zero-order valence-corrected chi connectivity index (χ0v) is 28.8. The average molecular weight is 689 g/mol. The lowest BCUT2D eigenvalue weighted by Crippen LogP contribution is -1.93. The molecule has 0 fully saturated rings. The number of phenolic OH excluding ortho intramolecular Hbond substituents is 2. The third-order valence-corrected chi connectivity index (χ3v) is 12.2. The minimum absolute atomic E-state index is 0.218. The van der Waals surface area contributed by atoms with E-state index in [9.17, 15) is 10.2 Å². The van der Waals surface area contributed by atoms with Gasteiger partial charge < -0.3 is 20.2 Å². The molecule has 0 saturated carbocycles. The van der Waals surface area contributed by atoms with Crippen LogP contribution in [0.3, 0.4) is 0 Å². The molecular formula is C50H28N2O2. The number of hydrogen-bond donors (Lipinski definition) is 4. The maximum atomic E-state index is 11.0. The van der Waals surface area contributed by atoms with Crippen molar-refractivity contribution in [1.82, 2.24) is 9.97 Å². The topological polar surface area (TPSA) is 72.0 Å². The second-order valence-electron chi connectivity index (χ2n) is 14.9. The number of H-pyrrole nitrogens is 2. The van der Waals surface area contributed by atoms with Crippen LogP contribution < -0.4 is 0 Å². The molecule has 2 heterocycles. The normalized spacial score (nSPS) is 12.6. The van der Waals surface area contributed by atoms with Gasteiger partial charge in [-0.05, 0) is 112 Å². The summed E-state index contributed by atoms with van der Waals surface area (Å²) in [6, 6.07) is 51.2. The summed E-state index contributed by atoms with van der Waals surface area (Å²) in [4.78, 5) is 7.76. The van der Waals surface area contributed by atoms with Gasteiger partial charge in [-0.1, -0.05) is 109 Å². The molecule has 0 spiro atoms. The van der Waals surface area contributed by atoms with Gasteiger partial charge in [0.25, 0.3) is 0 Å². The van der Waals surface area contributed by atoms with Gasteiger partial charge in [0.05, 0.1) is 11.0 Å². The highest BCUT2D eigenvalue weighted by atomic mass is 16.3. The second-order valence-corrected chi connectivity index (χ2v) is 14.9. The molecule has 4 heteroatoms. The highest BCUT2D eigenvalue weighted by Gasteiger charge is 2.27. The van der Waals surface area contributed by atoms with Crippen LogP contribution >= 0.6 is 0 Å². The van der Waals surface area contributed by atoms with Gasteiger partial charge in [-0.15, -0.1) is 0 Å². The molecule has 0 aliphatic heterocycles. The Balaban J connectivity index is 1.29. The van der Waals surface area contributed by atoms with Crippen LogP contribution in [0.2, 0.25) is 0 Å². The molecule has 54 heavy (non-hydrogen) atoms. The molecular weight excluding hydrogens is 661 g/mol. The lowest BCUT2D eigenvalue weighted by molar-refractivity contribution is 0.475. The summed E-state index contributed by atoms with van der Waals surface area (Å²) in [5.74, 6) is 0.436. The third-order valence-electron chi connectivity index (χ3n) is 12.2. The Morgan fingerprint density at radius 2 is 0.685 bits per heavy atom. The molecule has 0 saturated heterocycles. The molecule has 0 bridgehead atoms. The van der Waals surface area contributed by atoms with Gasteiger partial charge in [0.2, 0.25) is 0 Å². The summed E-state index contributed by atoms with van der Waals surface area (Å²) in [6.07, 6.45) is 0. The van der Waals surface area contributed by atoms with E-state index < -0.39 is 0 Å². The Morgan fingerprint density at radius 1 is 0.315 bits per heavy atom. The van der Waals surface area contributed by atoms with Gasteiger partial charge in [0.15, 0.2) is 0 Å². The van der Waals surface area contributed by atoms with Crippen molar-refractivity contribution >= 4 is 108 Å². The Bertz CT molecular complexity index is 3470. The third kappa shape index (κ3) is 3.48. The summed E-state index contributed by atoms with van der Waals surface area (Å²) in [7, 11) is 0. The first-order valence-corrected chi connectivity index (χ1v) is 18.4. The van der Waals surface area contributed by atoms with Crippen molar-refractivity contribution < 1.29 is 10.2 Å². The largest absolute Gasteiger partial charge is 0.508 e. The van der Waals surface area contributed by atoms with Crippen molar-refractivity contribution in [1.29, 1.82) is 0 Å². The van der Waals surface area contributed by atoms with Gasteiger partial charge >= 0.3 is 0 Å². The van der Waals surface area contributed by atoms with Crippen LogP contribution in [0.25, 0.3) is 131 Å². The Kier molecular flexibility index (Phi) is 5.12. The number of hydrogen-bond acceptors (Lipinski definition) is 2. The molecule has 0 aliphatic rings. The number of rotatable bonds is 2. The van der Waals surface area contributed by atoms with Gasteiger partial charge in [0, 0.05) is 43.7 Å². The zero-order chi connectivity index (χ0) is 35.4. The maximum Gasteiger partial charge on any atom is 0.116 e. The van der Waals surface area contributed by atoms with E-state index in [2.05, 4.69) is 119 Å². The molecule has 4 N–H and O–H groups in total. The highest BCUT2D eigenvalue weighted by Crippen LogP contribution is 2.52. The van der Waals surface area contributed by atoms with Crippen LogP contribution in [0.5, 0.6) is 11.5 Å². The first-order chi connectivity index (χ1) is 26.6. The van der Waals surface area contributed by atoms with Crippen LogP contribution in [-0.2, 0) is 0 Å². The van der Waals surface area contributed by atoms with E-state index in [1.807, 2.05) is 24.3 Å². The number of aromatic hydroxyl groups is 2. The van der Waals surface area contributed by atoms with Gasteiger partial charge in [-0.3, -0.25) is 0 Å². The fourth-order valence-corrected chi connectivity index (χ4v) is 9.95. The molecule has 11 aromatic carbocycles. The van der Waals surface area contributed by atoms with Crippen LogP contribution in [0.4, 0.5) is 0 Å². The average Bonchev–Trinajstić information content (AvgIpc) is 3.76. The van der Waals surface area contributed by atoms with Crippen molar-refractivity contribution in [2.24, 2.45) is 0 Å².